The molecule has 0 saturated carbocycles. The van der Waals surface area contributed by atoms with Crippen LogP contribution in [0.3, 0.4) is 0 Å². The molecule has 0 spiro atoms. The van der Waals surface area contributed by atoms with Gasteiger partial charge in [-0.25, -0.2) is 9.59 Å². The normalized spacial score (nSPS) is 28.4. The number of ether oxygens (including phenoxy) is 3. The minimum absolute atomic E-state index is 0.0493. The molecule has 1 saturated heterocycles. The lowest BCUT2D eigenvalue weighted by molar-refractivity contribution is -0.147. The van der Waals surface area contributed by atoms with Crippen LogP contribution in [0.5, 0.6) is 0 Å². The molecule has 30 heavy (non-hydrogen) atoms. The predicted molar refractivity (Wildman–Crippen MR) is 107 cm³/mol. The van der Waals surface area contributed by atoms with E-state index in [2.05, 4.69) is 6.58 Å². The van der Waals surface area contributed by atoms with Gasteiger partial charge in [0.25, 0.3) is 0 Å². The highest BCUT2D eigenvalue weighted by atomic mass is 16.6. The molecule has 8 heteroatoms. The van der Waals surface area contributed by atoms with E-state index in [4.69, 9.17) is 19.3 Å². The second-order valence-corrected chi connectivity index (χ2v) is 7.30. The molecule has 1 heterocycles. The van der Waals surface area contributed by atoms with Gasteiger partial charge >= 0.3 is 17.9 Å². The zero-order valence-corrected chi connectivity index (χ0v) is 17.3. The molecule has 1 aliphatic carbocycles. The first-order chi connectivity index (χ1) is 14.3. The van der Waals surface area contributed by atoms with E-state index >= 15 is 0 Å². The van der Waals surface area contributed by atoms with Crippen molar-refractivity contribution in [2.75, 3.05) is 19.8 Å². The van der Waals surface area contributed by atoms with E-state index in [-0.39, 0.29) is 37.4 Å². The van der Waals surface area contributed by atoms with Gasteiger partial charge < -0.3 is 24.4 Å². The van der Waals surface area contributed by atoms with E-state index in [1.54, 1.807) is 6.08 Å². The Bertz CT molecular complexity index is 789. The molecular formula is C22H28O8. The molecule has 3 atom stereocenters. The second kappa shape index (κ2) is 10.9. The Morgan fingerprint density at radius 2 is 2.03 bits per heavy atom. The standard InChI is InChI=1S/C22H28O8/c1-13(7-8-23)21(26)29-18-9-16(11-24)5-4-6-17(12-28-15(3)25)10-19-20(18)14(2)22(27)30-19/h5,7,10,18-20,23-24H,2,4,6,8-9,11-12H2,1,3H3/b13-7+,16-5+,17-10+/t18-,19-,20-/m1/s1. The van der Waals surface area contributed by atoms with Crippen LogP contribution in [0.4, 0.5) is 0 Å². The highest BCUT2D eigenvalue weighted by Crippen LogP contribution is 2.36. The summed E-state index contributed by atoms with van der Waals surface area (Å²) in [5.74, 6) is -2.32. The Labute approximate surface area is 175 Å². The molecule has 164 valence electrons. The summed E-state index contributed by atoms with van der Waals surface area (Å²) >= 11 is 0. The van der Waals surface area contributed by atoms with Crippen molar-refractivity contribution < 1.29 is 38.8 Å². The number of carbonyl (C=O) groups excluding carboxylic acids is 3. The van der Waals surface area contributed by atoms with Gasteiger partial charge in [0, 0.05) is 24.5 Å². The number of hydrogen-bond acceptors (Lipinski definition) is 8. The van der Waals surface area contributed by atoms with Crippen LogP contribution in [0.2, 0.25) is 0 Å². The van der Waals surface area contributed by atoms with Gasteiger partial charge in [-0.2, -0.15) is 0 Å². The number of allylic oxidation sites excluding steroid dienone is 1. The molecule has 0 amide bonds. The lowest BCUT2D eigenvalue weighted by Gasteiger charge is -2.28. The number of carbonyl (C=O) groups is 3. The fourth-order valence-electron chi connectivity index (χ4n) is 3.44. The highest BCUT2D eigenvalue weighted by Gasteiger charge is 2.44. The van der Waals surface area contributed by atoms with Gasteiger partial charge in [-0.05, 0) is 43.1 Å². The van der Waals surface area contributed by atoms with Crippen LogP contribution in [0.25, 0.3) is 0 Å². The third-order valence-corrected chi connectivity index (χ3v) is 5.07. The van der Waals surface area contributed by atoms with Crippen LogP contribution in [0.15, 0.2) is 47.1 Å². The highest BCUT2D eigenvalue weighted by molar-refractivity contribution is 5.92. The molecule has 2 aliphatic rings. The molecule has 8 nitrogen and oxygen atoms in total. The Kier molecular flexibility index (Phi) is 8.56. The Morgan fingerprint density at radius 1 is 1.30 bits per heavy atom. The molecule has 1 aliphatic heterocycles. The summed E-state index contributed by atoms with van der Waals surface area (Å²) in [6, 6.07) is 0. The van der Waals surface area contributed by atoms with Gasteiger partial charge in [0.05, 0.1) is 19.1 Å². The van der Waals surface area contributed by atoms with Crippen LogP contribution in [-0.2, 0) is 28.6 Å². The van der Waals surface area contributed by atoms with Crippen LogP contribution in [0, 0.1) is 5.92 Å². The smallest absolute Gasteiger partial charge is 0.334 e. The Hall–Kier alpha value is -2.71. The molecule has 0 aromatic rings. The van der Waals surface area contributed by atoms with E-state index in [0.29, 0.717) is 18.4 Å². The number of aliphatic hydroxyl groups is 2. The topological polar surface area (TPSA) is 119 Å². The number of esters is 3. The minimum Gasteiger partial charge on any atom is -0.461 e. The molecule has 0 bridgehead atoms. The fraction of sp³-hybridized carbons (Fsp3) is 0.500. The average Bonchev–Trinajstić information content (AvgIpc) is 2.97. The van der Waals surface area contributed by atoms with Crippen molar-refractivity contribution in [3.8, 4) is 0 Å². The quantitative estimate of drug-likeness (QED) is 0.287. The van der Waals surface area contributed by atoms with Crippen molar-refractivity contribution in [3.05, 3.63) is 47.1 Å². The van der Waals surface area contributed by atoms with E-state index in [1.807, 2.05) is 6.08 Å². The number of aliphatic hydroxyl groups excluding tert-OH is 2. The SMILES string of the molecule is C=C1C(=O)O[C@@H]2/C=C(/COC(C)=O)CC/C=C(/CO)C[C@@H](OC(=O)/C(C)=C/CO)[C@@H]12. The van der Waals surface area contributed by atoms with Crippen LogP contribution < -0.4 is 0 Å². The van der Waals surface area contributed by atoms with Gasteiger partial charge in [0.15, 0.2) is 0 Å². The summed E-state index contributed by atoms with van der Waals surface area (Å²) < 4.78 is 16.2. The summed E-state index contributed by atoms with van der Waals surface area (Å²) in [7, 11) is 0. The summed E-state index contributed by atoms with van der Waals surface area (Å²) in [5, 5.41) is 18.8. The first kappa shape index (κ1) is 23.6. The molecule has 0 aromatic carbocycles. The maximum absolute atomic E-state index is 12.5. The summed E-state index contributed by atoms with van der Waals surface area (Å²) in [6.07, 6.45) is 4.66. The Morgan fingerprint density at radius 3 is 2.67 bits per heavy atom. The van der Waals surface area contributed by atoms with E-state index < -0.39 is 36.0 Å². The van der Waals surface area contributed by atoms with Gasteiger partial charge in [-0.3, -0.25) is 4.79 Å². The zero-order chi connectivity index (χ0) is 22.3. The van der Waals surface area contributed by atoms with Crippen LogP contribution in [0.1, 0.15) is 33.1 Å². The predicted octanol–water partition coefficient (Wildman–Crippen LogP) is 1.53. The lowest BCUT2D eigenvalue weighted by atomic mass is 9.85. The van der Waals surface area contributed by atoms with Gasteiger partial charge in [-0.15, -0.1) is 0 Å². The third-order valence-electron chi connectivity index (χ3n) is 5.07. The average molecular weight is 420 g/mol. The zero-order valence-electron chi connectivity index (χ0n) is 17.3. The number of rotatable bonds is 6. The summed E-state index contributed by atoms with van der Waals surface area (Å²) in [4.78, 5) is 35.9. The molecule has 0 aromatic heterocycles. The van der Waals surface area contributed by atoms with Gasteiger partial charge in [-0.1, -0.05) is 12.7 Å². The third kappa shape index (κ3) is 6.14. The molecule has 0 radical (unpaired) electrons. The monoisotopic (exact) mass is 420 g/mol. The Balaban J connectivity index is 2.41. The van der Waals surface area contributed by atoms with Gasteiger partial charge in [0.1, 0.15) is 18.8 Å². The van der Waals surface area contributed by atoms with Crippen molar-refractivity contribution in [2.45, 2.75) is 45.3 Å². The van der Waals surface area contributed by atoms with Crippen LogP contribution >= 0.6 is 0 Å². The maximum atomic E-state index is 12.5. The number of fused-ring (bicyclic) bond motifs is 1. The molecular weight excluding hydrogens is 392 g/mol. The van der Waals surface area contributed by atoms with Crippen molar-refractivity contribution in [1.82, 2.24) is 0 Å². The molecule has 0 unspecified atom stereocenters. The summed E-state index contributed by atoms with van der Waals surface area (Å²) in [6.45, 7) is 6.15. The fourth-order valence-corrected chi connectivity index (χ4v) is 3.44. The van der Waals surface area contributed by atoms with Crippen LogP contribution in [-0.4, -0.2) is 60.1 Å². The van der Waals surface area contributed by atoms with Crippen molar-refractivity contribution in [1.29, 1.82) is 0 Å². The molecule has 2 rings (SSSR count). The number of hydrogen-bond donors (Lipinski definition) is 2. The first-order valence-corrected chi connectivity index (χ1v) is 9.76. The lowest BCUT2D eigenvalue weighted by Crippen LogP contribution is -2.34. The van der Waals surface area contributed by atoms with Crippen molar-refractivity contribution in [2.24, 2.45) is 5.92 Å². The second-order valence-electron chi connectivity index (χ2n) is 7.30. The van der Waals surface area contributed by atoms with E-state index in [0.717, 1.165) is 5.57 Å². The van der Waals surface area contributed by atoms with Crippen molar-refractivity contribution in [3.63, 3.8) is 0 Å². The maximum Gasteiger partial charge on any atom is 0.334 e. The van der Waals surface area contributed by atoms with Crippen molar-refractivity contribution >= 4 is 17.9 Å². The van der Waals surface area contributed by atoms with Gasteiger partial charge in [0.2, 0.25) is 0 Å². The summed E-state index contributed by atoms with van der Waals surface area (Å²) in [5.41, 5.74) is 1.79. The van der Waals surface area contributed by atoms with E-state index in [9.17, 15) is 19.5 Å². The molecule has 1 fully saturated rings. The largest absolute Gasteiger partial charge is 0.461 e. The minimum atomic E-state index is -0.814. The molecule has 2 N–H and O–H groups in total. The first-order valence-electron chi connectivity index (χ1n) is 9.76. The van der Waals surface area contributed by atoms with E-state index in [1.165, 1.54) is 19.9 Å².